The van der Waals surface area contributed by atoms with Crippen LogP contribution in [-0.2, 0) is 4.79 Å². The number of Topliss-reactive ketones (excluding diaryl/α,β-unsaturated/α-hetero) is 1. The number of nitrogens with zero attached hydrogens (tertiary/aromatic N) is 1. The second kappa shape index (κ2) is 3.45. The lowest BCUT2D eigenvalue weighted by Gasteiger charge is -2.29. The average molecular weight is 223 g/mol. The molecule has 1 aliphatic rings. The molecule has 15 heavy (non-hydrogen) atoms. The van der Waals surface area contributed by atoms with Crippen LogP contribution in [0, 0.1) is 0 Å². The van der Waals surface area contributed by atoms with Gasteiger partial charge in [0, 0.05) is 13.0 Å². The van der Waals surface area contributed by atoms with E-state index in [1.54, 1.807) is 11.0 Å². The molecule has 0 unspecified atom stereocenters. The van der Waals surface area contributed by atoms with Gasteiger partial charge in [0.1, 0.15) is 0 Å². The van der Waals surface area contributed by atoms with E-state index in [4.69, 9.17) is 0 Å². The first-order valence-corrected chi connectivity index (χ1v) is 5.80. The topological polar surface area (TPSA) is 37.4 Å². The quantitative estimate of drug-likeness (QED) is 0.729. The molecule has 1 aromatic heterocycles. The highest BCUT2D eigenvalue weighted by Gasteiger charge is 2.43. The predicted octanol–water partition coefficient (Wildman–Crippen LogP) is 1.94. The number of likely N-dealkylation sites (tertiary alicyclic amines) is 1. The van der Waals surface area contributed by atoms with E-state index < -0.39 is 5.54 Å². The number of hydrogen-bond acceptors (Lipinski definition) is 3. The van der Waals surface area contributed by atoms with Gasteiger partial charge in [-0.2, -0.15) is 0 Å². The summed E-state index contributed by atoms with van der Waals surface area (Å²) in [4.78, 5) is 26.0. The van der Waals surface area contributed by atoms with Crippen LogP contribution >= 0.6 is 11.3 Å². The van der Waals surface area contributed by atoms with Gasteiger partial charge in [-0.15, -0.1) is 11.3 Å². The van der Waals surface area contributed by atoms with Gasteiger partial charge >= 0.3 is 0 Å². The molecule has 3 nitrogen and oxygen atoms in total. The Kier molecular flexibility index (Phi) is 2.38. The molecule has 1 aromatic rings. The second-order valence-electron chi connectivity index (χ2n) is 4.17. The smallest absolute Gasteiger partial charge is 0.264 e. The lowest BCUT2D eigenvalue weighted by Crippen LogP contribution is -2.46. The Balaban J connectivity index is 2.26. The van der Waals surface area contributed by atoms with Crippen LogP contribution in [-0.4, -0.2) is 28.7 Å². The Hall–Kier alpha value is -1.16. The molecule has 0 aromatic carbocycles. The molecule has 1 fully saturated rings. The normalized spacial score (nSPS) is 19.6. The zero-order chi connectivity index (χ0) is 11.1. The molecule has 2 rings (SSSR count). The van der Waals surface area contributed by atoms with E-state index in [-0.39, 0.29) is 11.7 Å². The van der Waals surface area contributed by atoms with Crippen LogP contribution in [0.5, 0.6) is 0 Å². The molecule has 0 atom stereocenters. The summed E-state index contributed by atoms with van der Waals surface area (Å²) in [5.74, 6) is 0.119. The SMILES string of the molecule is CC1(C)C(=O)CCN1C(=O)c1cccs1. The summed E-state index contributed by atoms with van der Waals surface area (Å²) in [6.07, 6.45) is 0.476. The zero-order valence-electron chi connectivity index (χ0n) is 8.82. The fraction of sp³-hybridized carbons (Fsp3) is 0.455. The largest absolute Gasteiger partial charge is 0.325 e. The van der Waals surface area contributed by atoms with Crippen LogP contribution in [0.3, 0.4) is 0 Å². The van der Waals surface area contributed by atoms with Crippen LogP contribution in [0.4, 0.5) is 0 Å². The average Bonchev–Trinajstić information content (AvgIpc) is 2.76. The Morgan fingerprint density at radius 1 is 1.53 bits per heavy atom. The first-order chi connectivity index (χ1) is 7.03. The molecule has 4 heteroatoms. The van der Waals surface area contributed by atoms with Crippen molar-refractivity contribution in [2.24, 2.45) is 0 Å². The zero-order valence-corrected chi connectivity index (χ0v) is 9.63. The van der Waals surface area contributed by atoms with Crippen molar-refractivity contribution in [2.45, 2.75) is 25.8 Å². The maximum atomic E-state index is 12.1. The number of rotatable bonds is 1. The molecule has 0 radical (unpaired) electrons. The van der Waals surface area contributed by atoms with Crippen molar-refractivity contribution >= 4 is 23.0 Å². The third-order valence-corrected chi connectivity index (χ3v) is 3.75. The number of carbonyl (C=O) groups is 2. The molecule has 0 bridgehead atoms. The summed E-state index contributed by atoms with van der Waals surface area (Å²) in [6, 6.07) is 3.65. The molecule has 1 aliphatic heterocycles. The molecule has 80 valence electrons. The van der Waals surface area contributed by atoms with Crippen molar-refractivity contribution < 1.29 is 9.59 Å². The molecule has 0 spiro atoms. The number of ketones is 1. The molecule has 2 heterocycles. The molecule has 1 amide bonds. The molecule has 1 saturated heterocycles. The lowest BCUT2D eigenvalue weighted by atomic mass is 10.0. The van der Waals surface area contributed by atoms with Crippen molar-refractivity contribution in [1.82, 2.24) is 4.90 Å². The molecule has 0 N–H and O–H groups in total. The van der Waals surface area contributed by atoms with Gasteiger partial charge in [0.25, 0.3) is 5.91 Å². The highest BCUT2D eigenvalue weighted by molar-refractivity contribution is 7.12. The van der Waals surface area contributed by atoms with E-state index in [1.807, 2.05) is 25.3 Å². The van der Waals surface area contributed by atoms with E-state index in [1.165, 1.54) is 11.3 Å². The highest BCUT2D eigenvalue weighted by Crippen LogP contribution is 2.27. The minimum absolute atomic E-state index is 0.0270. The minimum atomic E-state index is -0.638. The second-order valence-corrected chi connectivity index (χ2v) is 5.11. The Morgan fingerprint density at radius 2 is 2.27 bits per heavy atom. The summed E-state index contributed by atoms with van der Waals surface area (Å²) in [7, 11) is 0. The van der Waals surface area contributed by atoms with Gasteiger partial charge < -0.3 is 4.90 Å². The summed E-state index contributed by atoms with van der Waals surface area (Å²) in [5.41, 5.74) is -0.638. The summed E-state index contributed by atoms with van der Waals surface area (Å²) < 4.78 is 0. The van der Waals surface area contributed by atoms with Crippen LogP contribution in [0.25, 0.3) is 0 Å². The van der Waals surface area contributed by atoms with Crippen LogP contribution in [0.1, 0.15) is 29.9 Å². The number of thiophene rings is 1. The minimum Gasteiger partial charge on any atom is -0.325 e. The Morgan fingerprint density at radius 3 is 2.73 bits per heavy atom. The van der Waals surface area contributed by atoms with Crippen molar-refractivity contribution in [3.8, 4) is 0 Å². The van der Waals surface area contributed by atoms with Crippen molar-refractivity contribution in [1.29, 1.82) is 0 Å². The monoisotopic (exact) mass is 223 g/mol. The molecular formula is C11H13NO2S. The standard InChI is InChI=1S/C11H13NO2S/c1-11(2)9(13)5-6-12(11)10(14)8-4-3-7-15-8/h3-4,7H,5-6H2,1-2H3. The van der Waals surface area contributed by atoms with Crippen molar-refractivity contribution in [3.05, 3.63) is 22.4 Å². The fourth-order valence-electron chi connectivity index (χ4n) is 1.84. The lowest BCUT2D eigenvalue weighted by molar-refractivity contribution is -0.123. The number of carbonyl (C=O) groups excluding carboxylic acids is 2. The fourth-order valence-corrected chi connectivity index (χ4v) is 2.51. The molecule has 0 aliphatic carbocycles. The number of hydrogen-bond donors (Lipinski definition) is 0. The van der Waals surface area contributed by atoms with Crippen molar-refractivity contribution in [2.75, 3.05) is 6.54 Å². The third-order valence-electron chi connectivity index (χ3n) is 2.90. The first-order valence-electron chi connectivity index (χ1n) is 4.92. The predicted molar refractivity (Wildman–Crippen MR) is 59.1 cm³/mol. The summed E-state index contributed by atoms with van der Waals surface area (Å²) >= 11 is 1.42. The van der Waals surface area contributed by atoms with Gasteiger partial charge in [0.2, 0.25) is 0 Å². The van der Waals surface area contributed by atoms with Crippen LogP contribution in [0.15, 0.2) is 17.5 Å². The van der Waals surface area contributed by atoms with Gasteiger partial charge in [-0.3, -0.25) is 9.59 Å². The van der Waals surface area contributed by atoms with Crippen LogP contribution in [0.2, 0.25) is 0 Å². The van der Waals surface area contributed by atoms with Gasteiger partial charge in [0.15, 0.2) is 5.78 Å². The molecular weight excluding hydrogens is 210 g/mol. The summed E-state index contributed by atoms with van der Waals surface area (Å²) in [5, 5.41) is 1.87. The van der Waals surface area contributed by atoms with E-state index in [0.717, 1.165) is 0 Å². The third kappa shape index (κ3) is 1.59. The van der Waals surface area contributed by atoms with Crippen LogP contribution < -0.4 is 0 Å². The maximum absolute atomic E-state index is 12.1. The Labute approximate surface area is 92.7 Å². The van der Waals surface area contributed by atoms with E-state index in [0.29, 0.717) is 17.8 Å². The van der Waals surface area contributed by atoms with Gasteiger partial charge in [-0.05, 0) is 25.3 Å². The summed E-state index contributed by atoms with van der Waals surface area (Å²) in [6.45, 7) is 4.17. The van der Waals surface area contributed by atoms with E-state index in [9.17, 15) is 9.59 Å². The van der Waals surface area contributed by atoms with E-state index in [2.05, 4.69) is 0 Å². The molecule has 0 saturated carbocycles. The van der Waals surface area contributed by atoms with Gasteiger partial charge in [0.05, 0.1) is 10.4 Å². The highest BCUT2D eigenvalue weighted by atomic mass is 32.1. The van der Waals surface area contributed by atoms with Gasteiger partial charge in [-0.25, -0.2) is 0 Å². The Bertz CT molecular complexity index is 395. The van der Waals surface area contributed by atoms with Crippen molar-refractivity contribution in [3.63, 3.8) is 0 Å². The number of amides is 1. The van der Waals surface area contributed by atoms with Gasteiger partial charge in [-0.1, -0.05) is 6.07 Å². The maximum Gasteiger partial charge on any atom is 0.264 e. The van der Waals surface area contributed by atoms with E-state index >= 15 is 0 Å². The first kappa shape index (κ1) is 10.4.